The number of hydrogen-bond donors (Lipinski definition) is 2. The van der Waals surface area contributed by atoms with Crippen molar-refractivity contribution >= 4 is 61.6 Å². The predicted octanol–water partition coefficient (Wildman–Crippen LogP) is 3.30. The number of pyridine rings is 1. The molecule has 0 atom stereocenters. The van der Waals surface area contributed by atoms with Crippen LogP contribution in [0.15, 0.2) is 34.9 Å². The van der Waals surface area contributed by atoms with Crippen molar-refractivity contribution in [2.45, 2.75) is 20.4 Å². The van der Waals surface area contributed by atoms with E-state index in [-0.39, 0.29) is 5.91 Å². The van der Waals surface area contributed by atoms with E-state index < -0.39 is 5.91 Å². The van der Waals surface area contributed by atoms with Gasteiger partial charge in [-0.1, -0.05) is 0 Å². The fraction of sp³-hybridized carbons (Fsp3) is 0.158. The molecule has 3 N–H and O–H groups in total. The van der Waals surface area contributed by atoms with E-state index in [0.29, 0.717) is 27.7 Å². The van der Waals surface area contributed by atoms with Crippen molar-refractivity contribution in [3.63, 3.8) is 0 Å². The standard InChI is InChI=1S/C19H16BBrN4O2S/c1-9-16(18(22)26)25-8-12(21)6-13(17(25)20-9)19(27)23-7-11-3-4-14-15(5-11)28-10(2)24-14/h3-6,8H,7H2,1-2H3,(H2,22,26)(H,23,27). The van der Waals surface area contributed by atoms with Crippen molar-refractivity contribution in [1.29, 1.82) is 0 Å². The summed E-state index contributed by atoms with van der Waals surface area (Å²) in [5, 5.41) is 3.97. The van der Waals surface area contributed by atoms with Gasteiger partial charge in [0.15, 0.2) is 0 Å². The van der Waals surface area contributed by atoms with Crippen molar-refractivity contribution in [3.05, 3.63) is 62.2 Å². The summed E-state index contributed by atoms with van der Waals surface area (Å²) in [5.74, 6) is -0.754. The fourth-order valence-electron chi connectivity index (χ4n) is 3.33. The zero-order chi connectivity index (χ0) is 20.0. The summed E-state index contributed by atoms with van der Waals surface area (Å²) < 4.78 is 3.44. The number of fused-ring (bicyclic) bond motifs is 2. The first-order valence-corrected chi connectivity index (χ1v) is 10.2. The molecule has 9 heteroatoms. The number of benzene rings is 1. The van der Waals surface area contributed by atoms with Crippen LogP contribution < -0.4 is 11.1 Å². The summed E-state index contributed by atoms with van der Waals surface area (Å²) in [6, 6.07) is 7.71. The molecule has 2 amide bonds. The van der Waals surface area contributed by atoms with Crippen LogP contribution in [0.3, 0.4) is 0 Å². The van der Waals surface area contributed by atoms with Crippen LogP contribution in [0.5, 0.6) is 0 Å². The number of nitrogens with two attached hydrogens (primary N) is 1. The van der Waals surface area contributed by atoms with Crippen LogP contribution in [-0.4, -0.2) is 28.1 Å². The van der Waals surface area contributed by atoms with E-state index >= 15 is 0 Å². The summed E-state index contributed by atoms with van der Waals surface area (Å²) in [6.45, 7) is 5.97. The number of thiazole rings is 1. The monoisotopic (exact) mass is 454 g/mol. The van der Waals surface area contributed by atoms with E-state index in [9.17, 15) is 9.59 Å². The molecule has 4 rings (SSSR count). The fourth-order valence-corrected chi connectivity index (χ4v) is 4.66. The first-order valence-electron chi connectivity index (χ1n) is 8.59. The third-order valence-corrected chi connectivity index (χ3v) is 5.90. The van der Waals surface area contributed by atoms with Crippen molar-refractivity contribution in [1.82, 2.24) is 14.7 Å². The van der Waals surface area contributed by atoms with Gasteiger partial charge in [-0.05, 0) is 0 Å². The molecular weight excluding hydrogens is 439 g/mol. The molecule has 140 valence electrons. The molecule has 0 saturated heterocycles. The van der Waals surface area contributed by atoms with E-state index in [2.05, 4.69) is 26.2 Å². The van der Waals surface area contributed by atoms with Crippen molar-refractivity contribution < 1.29 is 9.59 Å². The minimum absolute atomic E-state index is 0.222. The van der Waals surface area contributed by atoms with Crippen molar-refractivity contribution in [2.75, 3.05) is 0 Å². The van der Waals surface area contributed by atoms with Gasteiger partial charge in [0.1, 0.15) is 0 Å². The zero-order valence-electron chi connectivity index (χ0n) is 15.2. The quantitative estimate of drug-likeness (QED) is 0.495. The topological polar surface area (TPSA) is 89.5 Å². The summed E-state index contributed by atoms with van der Waals surface area (Å²) >= 11 is 5.04. The Morgan fingerprint density at radius 1 is 1.32 bits per heavy atom. The third kappa shape index (κ3) is 3.36. The number of primary amides is 1. The molecule has 0 spiro atoms. The minimum atomic E-state index is -0.532. The maximum absolute atomic E-state index is 12.9. The van der Waals surface area contributed by atoms with Crippen LogP contribution >= 0.6 is 27.3 Å². The number of halogens is 1. The van der Waals surface area contributed by atoms with Gasteiger partial charge in [0, 0.05) is 0 Å². The average molecular weight is 455 g/mol. The van der Waals surface area contributed by atoms with Crippen molar-refractivity contribution in [2.24, 2.45) is 5.73 Å². The Balaban J connectivity index is 1.64. The number of rotatable bonds is 4. The molecule has 1 aromatic carbocycles. The zero-order valence-corrected chi connectivity index (χ0v) is 17.6. The van der Waals surface area contributed by atoms with Gasteiger partial charge in [-0.25, -0.2) is 0 Å². The Kier molecular flexibility index (Phi) is 4.80. The number of carbonyl (C=O) groups excluding carboxylic acids is 2. The summed E-state index contributed by atoms with van der Waals surface area (Å²) in [7, 11) is 0. The average Bonchev–Trinajstić information content (AvgIpc) is 3.16. The Morgan fingerprint density at radius 2 is 2.11 bits per heavy atom. The molecule has 6 nitrogen and oxygen atoms in total. The van der Waals surface area contributed by atoms with Crippen LogP contribution in [0.25, 0.3) is 15.6 Å². The first-order chi connectivity index (χ1) is 13.3. The second-order valence-electron chi connectivity index (χ2n) is 6.59. The molecule has 3 heterocycles. The summed E-state index contributed by atoms with van der Waals surface area (Å²) in [6.07, 6.45) is 1.74. The van der Waals surface area contributed by atoms with Gasteiger partial charge in [0.05, 0.1) is 0 Å². The molecule has 0 bridgehead atoms. The van der Waals surface area contributed by atoms with Gasteiger partial charge in [-0.2, -0.15) is 0 Å². The third-order valence-electron chi connectivity index (χ3n) is 4.53. The van der Waals surface area contributed by atoms with Crippen LogP contribution in [-0.2, 0) is 6.54 Å². The van der Waals surface area contributed by atoms with Gasteiger partial charge in [0.25, 0.3) is 0 Å². The SMILES string of the molecule is Cc1nc2ccc(CNC(=O)c3cc(Br)cn4c(C(N)=O)c(C)bc34)cc2s1. The molecule has 4 aromatic rings. The number of hydrogen-bond acceptors (Lipinski definition) is 4. The first kappa shape index (κ1) is 18.8. The Bertz CT molecular complexity index is 1260. The Hall–Kier alpha value is -2.52. The maximum atomic E-state index is 12.9. The van der Waals surface area contributed by atoms with E-state index in [4.69, 9.17) is 5.73 Å². The Morgan fingerprint density at radius 3 is 2.86 bits per heavy atom. The van der Waals surface area contributed by atoms with Crippen LogP contribution in [0.4, 0.5) is 0 Å². The molecule has 0 aliphatic rings. The molecule has 0 unspecified atom stereocenters. The molecule has 0 aliphatic heterocycles. The van der Waals surface area contributed by atoms with Crippen LogP contribution in [0.1, 0.15) is 36.9 Å². The van der Waals surface area contributed by atoms with Gasteiger partial charge < -0.3 is 0 Å². The predicted molar refractivity (Wildman–Crippen MR) is 115 cm³/mol. The van der Waals surface area contributed by atoms with E-state index in [0.717, 1.165) is 26.2 Å². The Labute approximate surface area is 174 Å². The second-order valence-corrected chi connectivity index (χ2v) is 8.74. The number of nitrogens with zero attached hydrogens (tertiary/aromatic N) is 2. The second kappa shape index (κ2) is 7.14. The van der Waals surface area contributed by atoms with E-state index in [1.165, 1.54) is 0 Å². The molecule has 0 fully saturated rings. The van der Waals surface area contributed by atoms with Gasteiger partial charge in [-0.3, -0.25) is 0 Å². The van der Waals surface area contributed by atoms with Gasteiger partial charge in [0.2, 0.25) is 0 Å². The van der Waals surface area contributed by atoms with E-state index in [1.54, 1.807) is 41.8 Å². The van der Waals surface area contributed by atoms with Gasteiger partial charge >= 0.3 is 174 Å². The number of amides is 2. The number of nitrogens with one attached hydrogen (secondary N) is 1. The van der Waals surface area contributed by atoms with Crippen molar-refractivity contribution in [3.8, 4) is 0 Å². The number of carbonyl (C=O) groups is 2. The molecule has 0 radical (unpaired) electrons. The molecule has 3 aromatic heterocycles. The van der Waals surface area contributed by atoms with Crippen LogP contribution in [0.2, 0.25) is 0 Å². The molecular formula is C19H16BBrN4O2S. The summed E-state index contributed by atoms with van der Waals surface area (Å²) in [4.78, 5) is 29.1. The normalized spacial score (nSPS) is 11.1. The van der Waals surface area contributed by atoms with E-state index in [1.807, 2.05) is 25.1 Å². The van der Waals surface area contributed by atoms with Gasteiger partial charge in [-0.15, -0.1) is 0 Å². The summed E-state index contributed by atoms with van der Waals surface area (Å²) in [5.41, 5.74) is 9.68. The molecule has 0 aliphatic carbocycles. The number of aryl methyl sites for hydroxylation is 2. The molecule has 0 saturated carbocycles. The number of aromatic nitrogens is 2. The molecule has 28 heavy (non-hydrogen) atoms. The van der Waals surface area contributed by atoms with Crippen LogP contribution in [0, 0.1) is 13.8 Å².